The average molecular weight is 209 g/mol. The van der Waals surface area contributed by atoms with Gasteiger partial charge in [0.15, 0.2) is 0 Å². The third-order valence-corrected chi connectivity index (χ3v) is 2.69. The van der Waals surface area contributed by atoms with Crippen molar-refractivity contribution in [2.45, 2.75) is 53.4 Å². The lowest BCUT2D eigenvalue weighted by Gasteiger charge is -2.38. The van der Waals surface area contributed by atoms with Crippen molar-refractivity contribution in [1.29, 1.82) is 0 Å². The van der Waals surface area contributed by atoms with Gasteiger partial charge in [0.25, 0.3) is 0 Å². The van der Waals surface area contributed by atoms with E-state index in [2.05, 4.69) is 30.6 Å². The van der Waals surface area contributed by atoms with E-state index in [0.29, 0.717) is 0 Å². The minimum atomic E-state index is 0.988. The largest absolute Gasteiger partial charge is 0.303 e. The first-order valence-corrected chi connectivity index (χ1v) is 6.54. The Labute approximate surface area is 96.2 Å². The van der Waals surface area contributed by atoms with Crippen LogP contribution < -0.4 is 0 Å². The quantitative estimate of drug-likeness (QED) is 0.505. The molecule has 0 aromatic carbocycles. The SMILES string of the molecule is CC.CCC#CCCCN1CC(CC)C1. The van der Waals surface area contributed by atoms with Gasteiger partial charge in [0.2, 0.25) is 0 Å². The van der Waals surface area contributed by atoms with Crippen LogP contribution in [0.4, 0.5) is 0 Å². The molecule has 1 fully saturated rings. The summed E-state index contributed by atoms with van der Waals surface area (Å²) in [6.45, 7) is 12.3. The summed E-state index contributed by atoms with van der Waals surface area (Å²) in [5, 5.41) is 0. The molecule has 0 N–H and O–H groups in total. The predicted molar refractivity (Wildman–Crippen MR) is 68.9 cm³/mol. The van der Waals surface area contributed by atoms with E-state index in [9.17, 15) is 0 Å². The Balaban J connectivity index is 0.000000921. The molecule has 1 rings (SSSR count). The summed E-state index contributed by atoms with van der Waals surface area (Å²) in [6.07, 6.45) is 4.69. The number of nitrogens with zero attached hydrogens (tertiary/aromatic N) is 1. The molecule has 0 saturated carbocycles. The van der Waals surface area contributed by atoms with E-state index in [1.807, 2.05) is 13.8 Å². The molecule has 0 spiro atoms. The normalized spacial score (nSPS) is 15.7. The molecule has 15 heavy (non-hydrogen) atoms. The Morgan fingerprint density at radius 2 is 1.80 bits per heavy atom. The van der Waals surface area contributed by atoms with E-state index in [0.717, 1.165) is 18.8 Å². The van der Waals surface area contributed by atoms with Crippen LogP contribution in [0.15, 0.2) is 0 Å². The number of hydrogen-bond acceptors (Lipinski definition) is 1. The van der Waals surface area contributed by atoms with Crippen molar-refractivity contribution < 1.29 is 0 Å². The van der Waals surface area contributed by atoms with E-state index < -0.39 is 0 Å². The van der Waals surface area contributed by atoms with Gasteiger partial charge in [-0.25, -0.2) is 0 Å². The van der Waals surface area contributed by atoms with Crippen molar-refractivity contribution in [3.8, 4) is 11.8 Å². The Kier molecular flexibility index (Phi) is 9.73. The summed E-state index contributed by atoms with van der Waals surface area (Å²) >= 11 is 0. The molecule has 1 aliphatic heterocycles. The highest BCUT2D eigenvalue weighted by molar-refractivity contribution is 4.97. The molecule has 0 unspecified atom stereocenters. The van der Waals surface area contributed by atoms with Crippen LogP contribution in [0, 0.1) is 17.8 Å². The third kappa shape index (κ3) is 6.57. The Morgan fingerprint density at radius 1 is 1.13 bits per heavy atom. The second kappa shape index (κ2) is 10.1. The lowest BCUT2D eigenvalue weighted by Crippen LogP contribution is -2.46. The molecule has 1 aliphatic rings. The van der Waals surface area contributed by atoms with Crippen LogP contribution in [0.1, 0.15) is 53.4 Å². The fourth-order valence-corrected chi connectivity index (χ4v) is 1.72. The van der Waals surface area contributed by atoms with Crippen molar-refractivity contribution >= 4 is 0 Å². The first-order chi connectivity index (χ1) is 7.36. The van der Waals surface area contributed by atoms with Gasteiger partial charge in [-0.2, -0.15) is 0 Å². The molecule has 0 atom stereocenters. The van der Waals surface area contributed by atoms with Crippen LogP contribution in [0.5, 0.6) is 0 Å². The van der Waals surface area contributed by atoms with Crippen molar-refractivity contribution in [3.63, 3.8) is 0 Å². The molecule has 0 aromatic heterocycles. The molecule has 0 aliphatic carbocycles. The van der Waals surface area contributed by atoms with Crippen LogP contribution in [-0.4, -0.2) is 24.5 Å². The molecule has 1 heteroatoms. The second-order valence-corrected chi connectivity index (χ2v) is 3.84. The molecule has 0 aromatic rings. The van der Waals surface area contributed by atoms with Gasteiger partial charge in [0.1, 0.15) is 0 Å². The van der Waals surface area contributed by atoms with E-state index in [-0.39, 0.29) is 0 Å². The van der Waals surface area contributed by atoms with Crippen molar-refractivity contribution in [3.05, 3.63) is 0 Å². The van der Waals surface area contributed by atoms with Gasteiger partial charge < -0.3 is 4.90 Å². The fourth-order valence-electron chi connectivity index (χ4n) is 1.72. The Bertz CT molecular complexity index is 181. The number of rotatable bonds is 4. The van der Waals surface area contributed by atoms with Crippen LogP contribution in [0.3, 0.4) is 0 Å². The number of unbranched alkanes of at least 4 members (excludes halogenated alkanes) is 1. The molecular weight excluding hydrogens is 182 g/mol. The molecule has 1 saturated heterocycles. The predicted octanol–water partition coefficient (Wildman–Crippen LogP) is 3.55. The summed E-state index contributed by atoms with van der Waals surface area (Å²) < 4.78 is 0. The van der Waals surface area contributed by atoms with E-state index in [1.165, 1.54) is 32.5 Å². The van der Waals surface area contributed by atoms with Gasteiger partial charge in [-0.15, -0.1) is 11.8 Å². The molecule has 1 nitrogen and oxygen atoms in total. The highest BCUT2D eigenvalue weighted by Crippen LogP contribution is 2.18. The molecule has 88 valence electrons. The maximum atomic E-state index is 3.19. The highest BCUT2D eigenvalue weighted by atomic mass is 15.2. The zero-order valence-corrected chi connectivity index (χ0v) is 11.0. The monoisotopic (exact) mass is 209 g/mol. The van der Waals surface area contributed by atoms with Gasteiger partial charge in [0, 0.05) is 25.9 Å². The minimum Gasteiger partial charge on any atom is -0.303 e. The zero-order valence-electron chi connectivity index (χ0n) is 11.0. The summed E-state index contributed by atoms with van der Waals surface area (Å²) in [6, 6.07) is 0. The molecular formula is C14H27N. The van der Waals surface area contributed by atoms with Crippen LogP contribution >= 0.6 is 0 Å². The number of hydrogen-bond donors (Lipinski definition) is 0. The number of likely N-dealkylation sites (tertiary alicyclic amines) is 1. The summed E-state index contributed by atoms with van der Waals surface area (Å²) in [5.74, 6) is 7.28. The van der Waals surface area contributed by atoms with Gasteiger partial charge >= 0.3 is 0 Å². The Hall–Kier alpha value is -0.480. The lowest BCUT2D eigenvalue weighted by atomic mass is 9.97. The van der Waals surface area contributed by atoms with Crippen molar-refractivity contribution in [2.24, 2.45) is 5.92 Å². The zero-order chi connectivity index (χ0) is 11.5. The summed E-state index contributed by atoms with van der Waals surface area (Å²) in [7, 11) is 0. The van der Waals surface area contributed by atoms with Gasteiger partial charge in [-0.05, 0) is 18.9 Å². The van der Waals surface area contributed by atoms with E-state index in [1.54, 1.807) is 0 Å². The summed E-state index contributed by atoms with van der Waals surface area (Å²) in [4.78, 5) is 2.54. The first-order valence-electron chi connectivity index (χ1n) is 6.54. The molecule has 1 heterocycles. The average Bonchev–Trinajstić information content (AvgIpc) is 2.23. The lowest BCUT2D eigenvalue weighted by molar-refractivity contribution is 0.0971. The topological polar surface area (TPSA) is 3.24 Å². The Morgan fingerprint density at radius 3 is 2.33 bits per heavy atom. The van der Waals surface area contributed by atoms with Gasteiger partial charge in [-0.1, -0.05) is 34.1 Å². The maximum absolute atomic E-state index is 3.19. The van der Waals surface area contributed by atoms with E-state index in [4.69, 9.17) is 0 Å². The molecule has 0 radical (unpaired) electrons. The highest BCUT2D eigenvalue weighted by Gasteiger charge is 2.23. The first kappa shape index (κ1) is 14.5. The maximum Gasteiger partial charge on any atom is 0.0101 e. The van der Waals surface area contributed by atoms with Gasteiger partial charge in [-0.3, -0.25) is 0 Å². The standard InChI is InChI=1S/C12H21N.C2H6/c1-3-5-6-7-8-9-13-10-12(4-2)11-13;1-2/h12H,3-4,7-11H2,1-2H3;1-2H3. The molecule has 0 amide bonds. The fraction of sp³-hybridized carbons (Fsp3) is 0.857. The second-order valence-electron chi connectivity index (χ2n) is 3.84. The van der Waals surface area contributed by atoms with Gasteiger partial charge in [0.05, 0.1) is 0 Å². The molecule has 0 bridgehead atoms. The van der Waals surface area contributed by atoms with Crippen molar-refractivity contribution in [1.82, 2.24) is 4.90 Å². The summed E-state index contributed by atoms with van der Waals surface area (Å²) in [5.41, 5.74) is 0. The van der Waals surface area contributed by atoms with E-state index >= 15 is 0 Å². The third-order valence-electron chi connectivity index (χ3n) is 2.69. The van der Waals surface area contributed by atoms with Crippen LogP contribution in [0.2, 0.25) is 0 Å². The minimum absolute atomic E-state index is 0.988. The smallest absolute Gasteiger partial charge is 0.0101 e. The van der Waals surface area contributed by atoms with Crippen LogP contribution in [0.25, 0.3) is 0 Å². The van der Waals surface area contributed by atoms with Crippen LogP contribution in [-0.2, 0) is 0 Å². The van der Waals surface area contributed by atoms with Crippen molar-refractivity contribution in [2.75, 3.05) is 19.6 Å².